The second-order valence-corrected chi connectivity index (χ2v) is 7.07. The Hall–Kier alpha value is -1.75. The Kier molecular flexibility index (Phi) is 3.91. The molecule has 124 valence electrons. The van der Waals surface area contributed by atoms with Crippen LogP contribution in [0.1, 0.15) is 24.3 Å². The van der Waals surface area contributed by atoms with Gasteiger partial charge in [-0.1, -0.05) is 15.9 Å². The summed E-state index contributed by atoms with van der Waals surface area (Å²) < 4.78 is 41.2. The Bertz CT molecular complexity index is 895. The summed E-state index contributed by atoms with van der Waals surface area (Å²) in [6.07, 6.45) is 1.95. The van der Waals surface area contributed by atoms with E-state index in [9.17, 15) is 13.2 Å². The molecule has 5 heteroatoms. The summed E-state index contributed by atoms with van der Waals surface area (Å²) in [6.45, 7) is 0. The van der Waals surface area contributed by atoms with Gasteiger partial charge < -0.3 is 4.98 Å². The maximum atomic E-state index is 14.2. The molecule has 0 atom stereocenters. The second kappa shape index (κ2) is 5.96. The van der Waals surface area contributed by atoms with E-state index in [0.29, 0.717) is 16.8 Å². The van der Waals surface area contributed by atoms with E-state index in [-0.39, 0.29) is 11.7 Å². The van der Waals surface area contributed by atoms with E-state index >= 15 is 0 Å². The lowest BCUT2D eigenvalue weighted by atomic mass is 9.71. The van der Waals surface area contributed by atoms with Gasteiger partial charge in [0.1, 0.15) is 17.5 Å². The largest absolute Gasteiger partial charge is 0.352 e. The van der Waals surface area contributed by atoms with E-state index in [2.05, 4.69) is 20.9 Å². The zero-order chi connectivity index (χ0) is 16.8. The van der Waals surface area contributed by atoms with Crippen molar-refractivity contribution in [3.05, 3.63) is 59.4 Å². The Morgan fingerprint density at radius 1 is 1.00 bits per heavy atom. The van der Waals surface area contributed by atoms with E-state index in [0.717, 1.165) is 41.1 Å². The van der Waals surface area contributed by atoms with E-state index in [1.807, 2.05) is 0 Å². The Labute approximate surface area is 146 Å². The molecule has 0 saturated heterocycles. The van der Waals surface area contributed by atoms with Gasteiger partial charge in [-0.3, -0.25) is 0 Å². The number of fused-ring (bicyclic) bond motifs is 1. The van der Waals surface area contributed by atoms with E-state index in [4.69, 9.17) is 0 Å². The van der Waals surface area contributed by atoms with Gasteiger partial charge in [0.15, 0.2) is 0 Å². The molecule has 1 saturated carbocycles. The van der Waals surface area contributed by atoms with E-state index < -0.39 is 11.6 Å². The predicted molar refractivity (Wildman–Crippen MR) is 92.9 cm³/mol. The van der Waals surface area contributed by atoms with Crippen LogP contribution in [0.15, 0.2) is 36.4 Å². The van der Waals surface area contributed by atoms with Gasteiger partial charge in [0.05, 0.1) is 11.2 Å². The van der Waals surface area contributed by atoms with Crippen LogP contribution in [-0.4, -0.2) is 10.3 Å². The minimum Gasteiger partial charge on any atom is -0.352 e. The lowest BCUT2D eigenvalue weighted by molar-refractivity contribution is 0.298. The lowest BCUT2D eigenvalue weighted by Crippen LogP contribution is -2.23. The number of nitrogens with one attached hydrogen (secondary N) is 1. The van der Waals surface area contributed by atoms with Gasteiger partial charge in [0, 0.05) is 16.8 Å². The summed E-state index contributed by atoms with van der Waals surface area (Å²) in [5.74, 6) is -0.670. The number of aromatic amines is 1. The molecule has 1 aromatic heterocycles. The Morgan fingerprint density at radius 2 is 1.71 bits per heavy atom. The van der Waals surface area contributed by atoms with Crippen molar-refractivity contribution in [3.8, 4) is 11.3 Å². The molecule has 0 bridgehead atoms. The van der Waals surface area contributed by atoms with Crippen molar-refractivity contribution in [1.29, 1.82) is 0 Å². The van der Waals surface area contributed by atoms with Gasteiger partial charge in [-0.25, -0.2) is 13.2 Å². The molecular weight excluding hydrogens is 379 g/mol. The van der Waals surface area contributed by atoms with Gasteiger partial charge in [-0.2, -0.15) is 0 Å². The highest BCUT2D eigenvalue weighted by molar-refractivity contribution is 9.09. The number of H-pyrrole nitrogens is 1. The van der Waals surface area contributed by atoms with Crippen LogP contribution in [0, 0.1) is 23.4 Å². The number of rotatable bonds is 3. The molecular formula is C19H15BrF3N. The van der Waals surface area contributed by atoms with Gasteiger partial charge in [0.2, 0.25) is 0 Å². The molecule has 0 amide bonds. The van der Waals surface area contributed by atoms with Gasteiger partial charge in [-0.15, -0.1) is 0 Å². The topological polar surface area (TPSA) is 15.8 Å². The lowest BCUT2D eigenvalue weighted by Gasteiger charge is -2.35. The summed E-state index contributed by atoms with van der Waals surface area (Å²) in [4.78, 5) is 3.10. The monoisotopic (exact) mass is 393 g/mol. The van der Waals surface area contributed by atoms with Gasteiger partial charge in [0.25, 0.3) is 0 Å². The zero-order valence-electron chi connectivity index (χ0n) is 12.8. The van der Waals surface area contributed by atoms with Crippen LogP contribution in [0.25, 0.3) is 22.2 Å². The molecule has 3 aromatic rings. The predicted octanol–water partition coefficient (Wildman–Crippen LogP) is 6.14. The van der Waals surface area contributed by atoms with Gasteiger partial charge in [-0.05, 0) is 66.1 Å². The van der Waals surface area contributed by atoms with Crippen LogP contribution in [0.3, 0.4) is 0 Å². The quantitative estimate of drug-likeness (QED) is 0.514. The highest BCUT2D eigenvalue weighted by atomic mass is 79.9. The molecule has 1 N–H and O–H groups in total. The highest BCUT2D eigenvalue weighted by Gasteiger charge is 2.34. The van der Waals surface area contributed by atoms with Crippen molar-refractivity contribution in [2.45, 2.75) is 18.8 Å². The molecule has 0 spiro atoms. The van der Waals surface area contributed by atoms with Crippen molar-refractivity contribution in [2.75, 3.05) is 5.33 Å². The summed E-state index contributed by atoms with van der Waals surface area (Å²) in [5.41, 5.74) is 2.79. The molecule has 2 aromatic carbocycles. The molecule has 4 rings (SSSR count). The SMILES string of the molecule is Fc1ccc(-c2[nH]c3c(F)cc(F)cc3c2C2CC(CBr)C2)cc1. The number of benzene rings is 2. The maximum absolute atomic E-state index is 14.2. The average molecular weight is 394 g/mol. The molecule has 1 fully saturated rings. The van der Waals surface area contributed by atoms with Crippen molar-refractivity contribution >= 4 is 26.8 Å². The second-order valence-electron chi connectivity index (χ2n) is 6.42. The van der Waals surface area contributed by atoms with Crippen LogP contribution in [0.2, 0.25) is 0 Å². The first kappa shape index (κ1) is 15.8. The fraction of sp³-hybridized carbons (Fsp3) is 0.263. The third kappa shape index (κ3) is 2.55. The molecule has 1 aliphatic carbocycles. The third-order valence-corrected chi connectivity index (χ3v) is 5.78. The highest BCUT2D eigenvalue weighted by Crippen LogP contribution is 2.48. The van der Waals surface area contributed by atoms with Crippen molar-refractivity contribution in [3.63, 3.8) is 0 Å². The molecule has 24 heavy (non-hydrogen) atoms. The first-order chi connectivity index (χ1) is 11.6. The molecule has 0 radical (unpaired) electrons. The molecule has 0 unspecified atom stereocenters. The van der Waals surface area contributed by atoms with Crippen molar-refractivity contribution in [2.24, 2.45) is 5.92 Å². The number of hydrogen-bond acceptors (Lipinski definition) is 0. The normalized spacial score (nSPS) is 20.3. The van der Waals surface area contributed by atoms with Gasteiger partial charge >= 0.3 is 0 Å². The number of alkyl halides is 1. The van der Waals surface area contributed by atoms with Crippen LogP contribution in [0.4, 0.5) is 13.2 Å². The number of aromatic nitrogens is 1. The molecule has 0 aliphatic heterocycles. The average Bonchev–Trinajstić information content (AvgIpc) is 2.87. The maximum Gasteiger partial charge on any atom is 0.150 e. The molecule has 1 heterocycles. The van der Waals surface area contributed by atoms with Crippen molar-refractivity contribution in [1.82, 2.24) is 4.98 Å². The van der Waals surface area contributed by atoms with Crippen LogP contribution in [0.5, 0.6) is 0 Å². The minimum absolute atomic E-state index is 0.252. The van der Waals surface area contributed by atoms with Crippen LogP contribution >= 0.6 is 15.9 Å². The summed E-state index contributed by atoms with van der Waals surface area (Å²) >= 11 is 3.49. The standard InChI is InChI=1S/C19H15BrF3N/c20-9-10-5-12(6-10)17-15-7-14(22)8-16(23)19(15)24-18(17)11-1-3-13(21)4-2-11/h1-4,7-8,10,12,24H,5-6,9H2. The Morgan fingerprint density at radius 3 is 2.38 bits per heavy atom. The van der Waals surface area contributed by atoms with Crippen LogP contribution < -0.4 is 0 Å². The zero-order valence-corrected chi connectivity index (χ0v) is 14.3. The number of hydrogen-bond donors (Lipinski definition) is 1. The van der Waals surface area contributed by atoms with E-state index in [1.165, 1.54) is 18.2 Å². The summed E-state index contributed by atoms with van der Waals surface area (Å²) in [5, 5.41) is 1.52. The molecule has 1 nitrogen and oxygen atoms in total. The van der Waals surface area contributed by atoms with Crippen LogP contribution in [-0.2, 0) is 0 Å². The fourth-order valence-corrected chi connectivity index (χ4v) is 4.13. The summed E-state index contributed by atoms with van der Waals surface area (Å²) in [7, 11) is 0. The first-order valence-corrected chi connectivity index (χ1v) is 9.01. The fourth-order valence-electron chi connectivity index (χ4n) is 3.61. The number of halogens is 4. The molecule has 1 aliphatic rings. The first-order valence-electron chi connectivity index (χ1n) is 7.89. The minimum atomic E-state index is -0.601. The third-order valence-electron chi connectivity index (χ3n) is 4.86. The van der Waals surface area contributed by atoms with Crippen molar-refractivity contribution < 1.29 is 13.2 Å². The van der Waals surface area contributed by atoms with E-state index in [1.54, 1.807) is 12.1 Å². The smallest absolute Gasteiger partial charge is 0.150 e. The summed E-state index contributed by atoms with van der Waals surface area (Å²) in [6, 6.07) is 8.36. The Balaban J connectivity index is 1.91.